The van der Waals surface area contributed by atoms with Crippen molar-refractivity contribution in [3.05, 3.63) is 52.5 Å². The number of amides is 1. The Labute approximate surface area is 187 Å². The highest BCUT2D eigenvalue weighted by Crippen LogP contribution is 2.33. The average molecular weight is 444 g/mol. The number of likely N-dealkylation sites (tertiary alicyclic amines) is 1. The van der Waals surface area contributed by atoms with Crippen molar-refractivity contribution in [2.75, 3.05) is 26.3 Å². The number of rotatable bonds is 5. The summed E-state index contributed by atoms with van der Waals surface area (Å²) in [5.74, 6) is 1.67. The van der Waals surface area contributed by atoms with Crippen LogP contribution in [0.15, 0.2) is 36.4 Å². The zero-order valence-electron chi connectivity index (χ0n) is 17.7. The number of benzene rings is 2. The Balaban J connectivity index is 1.34. The van der Waals surface area contributed by atoms with Crippen LogP contribution in [0.5, 0.6) is 17.2 Å². The summed E-state index contributed by atoms with van der Waals surface area (Å²) >= 11 is 6.18. The van der Waals surface area contributed by atoms with Gasteiger partial charge in [-0.3, -0.25) is 9.59 Å². The summed E-state index contributed by atoms with van der Waals surface area (Å²) in [5.41, 5.74) is 1.64. The number of nitrogens with zero attached hydrogens (tertiary/aromatic N) is 1. The lowest BCUT2D eigenvalue weighted by atomic mass is 9.88. The molecule has 1 fully saturated rings. The monoisotopic (exact) mass is 443 g/mol. The average Bonchev–Trinajstić information content (AvgIpc) is 2.80. The van der Waals surface area contributed by atoms with Crippen molar-refractivity contribution in [1.29, 1.82) is 0 Å². The topological polar surface area (TPSA) is 65.1 Å². The van der Waals surface area contributed by atoms with E-state index in [4.69, 9.17) is 25.8 Å². The predicted molar refractivity (Wildman–Crippen MR) is 117 cm³/mol. The molecule has 1 unspecified atom stereocenters. The fourth-order valence-electron chi connectivity index (χ4n) is 3.99. The van der Waals surface area contributed by atoms with Crippen molar-refractivity contribution in [3.8, 4) is 17.2 Å². The van der Waals surface area contributed by atoms with Crippen LogP contribution in [0.4, 0.5) is 0 Å². The van der Waals surface area contributed by atoms with E-state index in [1.807, 2.05) is 19.1 Å². The lowest BCUT2D eigenvalue weighted by molar-refractivity contribution is -0.139. The second-order valence-corrected chi connectivity index (χ2v) is 8.42. The maximum absolute atomic E-state index is 13.0. The fourth-order valence-corrected chi connectivity index (χ4v) is 4.16. The van der Waals surface area contributed by atoms with Crippen LogP contribution in [0.1, 0.15) is 35.7 Å². The first-order valence-electron chi connectivity index (χ1n) is 10.6. The first kappa shape index (κ1) is 21.5. The summed E-state index contributed by atoms with van der Waals surface area (Å²) < 4.78 is 16.9. The highest BCUT2D eigenvalue weighted by Gasteiger charge is 2.31. The number of ketones is 1. The minimum Gasteiger partial charge on any atom is -0.486 e. The molecule has 6 nitrogen and oxygen atoms in total. The molecule has 2 aromatic rings. The van der Waals surface area contributed by atoms with Gasteiger partial charge in [-0.1, -0.05) is 17.7 Å². The van der Waals surface area contributed by atoms with E-state index >= 15 is 0 Å². The van der Waals surface area contributed by atoms with Crippen LogP contribution >= 0.6 is 11.6 Å². The van der Waals surface area contributed by atoms with Crippen LogP contribution in [0, 0.1) is 12.8 Å². The molecule has 2 aromatic carbocycles. The molecule has 0 aliphatic carbocycles. The molecule has 1 saturated heterocycles. The number of hydrogen-bond donors (Lipinski definition) is 0. The van der Waals surface area contributed by atoms with E-state index in [2.05, 4.69) is 0 Å². The molecule has 1 amide bonds. The van der Waals surface area contributed by atoms with Crippen LogP contribution < -0.4 is 14.2 Å². The van der Waals surface area contributed by atoms with E-state index in [0.717, 1.165) is 5.56 Å². The van der Waals surface area contributed by atoms with E-state index in [-0.39, 0.29) is 17.6 Å². The molecule has 0 saturated carbocycles. The summed E-state index contributed by atoms with van der Waals surface area (Å²) in [4.78, 5) is 27.6. The molecule has 7 heteroatoms. The highest BCUT2D eigenvalue weighted by atomic mass is 35.5. The molecule has 164 valence electrons. The van der Waals surface area contributed by atoms with E-state index in [1.54, 1.807) is 36.1 Å². The second kappa shape index (κ2) is 9.18. The zero-order valence-corrected chi connectivity index (χ0v) is 18.5. The van der Waals surface area contributed by atoms with Gasteiger partial charge in [-0.05, 0) is 62.6 Å². The number of aryl methyl sites for hydroxylation is 1. The van der Waals surface area contributed by atoms with Gasteiger partial charge < -0.3 is 19.1 Å². The summed E-state index contributed by atoms with van der Waals surface area (Å²) in [7, 11) is 0. The highest BCUT2D eigenvalue weighted by molar-refractivity contribution is 6.32. The Morgan fingerprint density at radius 1 is 1.06 bits per heavy atom. The van der Waals surface area contributed by atoms with E-state index in [9.17, 15) is 9.59 Å². The summed E-state index contributed by atoms with van der Waals surface area (Å²) in [5, 5.41) is 0.481. The fraction of sp³-hybridized carbons (Fsp3) is 0.417. The number of carbonyl (C=O) groups excluding carboxylic acids is 2. The first-order chi connectivity index (χ1) is 14.9. The minimum atomic E-state index is -0.649. The van der Waals surface area contributed by atoms with Crippen LogP contribution in [-0.4, -0.2) is 49.0 Å². The van der Waals surface area contributed by atoms with Gasteiger partial charge in [-0.25, -0.2) is 0 Å². The Morgan fingerprint density at radius 3 is 2.52 bits per heavy atom. The molecular formula is C24H26ClNO5. The molecule has 31 heavy (non-hydrogen) atoms. The van der Waals surface area contributed by atoms with Gasteiger partial charge in [0, 0.05) is 24.6 Å². The second-order valence-electron chi connectivity index (χ2n) is 8.02. The normalized spacial score (nSPS) is 17.2. The van der Waals surface area contributed by atoms with Crippen molar-refractivity contribution in [1.82, 2.24) is 4.90 Å². The van der Waals surface area contributed by atoms with Crippen LogP contribution in [0.2, 0.25) is 5.02 Å². The standard InChI is InChI=1S/C24H26ClNO5/c1-15-3-5-19(25)21(13-15)31-16(2)24(28)26-9-7-17(8-10-26)23(27)18-4-6-20-22(14-18)30-12-11-29-20/h3-6,13-14,16-17H,7-12H2,1-2H3. The number of carbonyl (C=O) groups is 2. The van der Waals surface area contributed by atoms with Crippen LogP contribution in [0.3, 0.4) is 0 Å². The SMILES string of the molecule is Cc1ccc(Cl)c(OC(C)C(=O)N2CCC(C(=O)c3ccc4c(c3)OCCO4)CC2)c1. The molecule has 2 heterocycles. The molecule has 0 radical (unpaired) electrons. The summed E-state index contributed by atoms with van der Waals surface area (Å²) in [6.45, 7) is 5.72. The van der Waals surface area contributed by atoms with Crippen LogP contribution in [0.25, 0.3) is 0 Å². The van der Waals surface area contributed by atoms with E-state index in [0.29, 0.717) is 67.0 Å². The summed E-state index contributed by atoms with van der Waals surface area (Å²) in [6.07, 6.45) is 0.595. The lowest BCUT2D eigenvalue weighted by Crippen LogP contribution is -2.45. The van der Waals surface area contributed by atoms with E-state index < -0.39 is 6.10 Å². The third kappa shape index (κ3) is 4.79. The molecule has 0 N–H and O–H groups in total. The van der Waals surface area contributed by atoms with Gasteiger partial charge in [0.15, 0.2) is 23.4 Å². The third-order valence-corrected chi connectivity index (χ3v) is 6.05. The molecule has 0 bridgehead atoms. The van der Waals surface area contributed by atoms with Crippen molar-refractivity contribution in [2.45, 2.75) is 32.8 Å². The predicted octanol–water partition coefficient (Wildman–Crippen LogP) is 4.31. The lowest BCUT2D eigenvalue weighted by Gasteiger charge is -2.33. The first-order valence-corrected chi connectivity index (χ1v) is 11.0. The van der Waals surface area contributed by atoms with Crippen LogP contribution in [-0.2, 0) is 4.79 Å². The van der Waals surface area contributed by atoms with Gasteiger partial charge in [-0.2, -0.15) is 0 Å². The number of Topliss-reactive ketones (excluding diaryl/α,β-unsaturated/α-hetero) is 1. The zero-order chi connectivity index (χ0) is 22.0. The van der Waals surface area contributed by atoms with Gasteiger partial charge in [0.1, 0.15) is 19.0 Å². The maximum atomic E-state index is 13.0. The number of ether oxygens (including phenoxy) is 3. The van der Waals surface area contributed by atoms with Crippen molar-refractivity contribution in [2.24, 2.45) is 5.92 Å². The van der Waals surface area contributed by atoms with Gasteiger partial charge in [-0.15, -0.1) is 0 Å². The number of fused-ring (bicyclic) bond motifs is 1. The molecular weight excluding hydrogens is 418 g/mol. The maximum Gasteiger partial charge on any atom is 0.263 e. The van der Waals surface area contributed by atoms with Crippen molar-refractivity contribution in [3.63, 3.8) is 0 Å². The van der Waals surface area contributed by atoms with Crippen molar-refractivity contribution < 1.29 is 23.8 Å². The Morgan fingerprint density at radius 2 is 1.77 bits per heavy atom. The Hall–Kier alpha value is -2.73. The molecule has 2 aliphatic heterocycles. The molecule has 2 aliphatic rings. The molecule has 0 aromatic heterocycles. The molecule has 4 rings (SSSR count). The third-order valence-electron chi connectivity index (χ3n) is 5.74. The minimum absolute atomic E-state index is 0.0833. The number of piperidine rings is 1. The van der Waals surface area contributed by atoms with Gasteiger partial charge in [0.05, 0.1) is 5.02 Å². The number of halogens is 1. The van der Waals surface area contributed by atoms with Gasteiger partial charge >= 0.3 is 0 Å². The Kier molecular flexibility index (Phi) is 6.37. The van der Waals surface area contributed by atoms with Gasteiger partial charge in [0.2, 0.25) is 0 Å². The molecule has 0 spiro atoms. The number of hydrogen-bond acceptors (Lipinski definition) is 5. The molecule has 1 atom stereocenters. The Bertz CT molecular complexity index is 984. The van der Waals surface area contributed by atoms with Crippen molar-refractivity contribution >= 4 is 23.3 Å². The van der Waals surface area contributed by atoms with Gasteiger partial charge in [0.25, 0.3) is 5.91 Å². The quantitative estimate of drug-likeness (QED) is 0.644. The largest absolute Gasteiger partial charge is 0.486 e. The smallest absolute Gasteiger partial charge is 0.263 e. The summed E-state index contributed by atoms with van der Waals surface area (Å²) in [6, 6.07) is 10.8. The van der Waals surface area contributed by atoms with E-state index in [1.165, 1.54) is 0 Å².